The molecule has 0 aromatic carbocycles. The number of likely N-dealkylation sites (N-methyl/N-ethyl adjacent to an activating group) is 1. The molecular formula is C16H31IN6O. The summed E-state index contributed by atoms with van der Waals surface area (Å²) in [6, 6.07) is 0.287. The van der Waals surface area contributed by atoms with Gasteiger partial charge < -0.3 is 15.5 Å². The van der Waals surface area contributed by atoms with Gasteiger partial charge in [0.05, 0.1) is 18.8 Å². The molecule has 0 saturated carbocycles. The largest absolute Gasteiger partial charge is 0.354 e. The van der Waals surface area contributed by atoms with Gasteiger partial charge >= 0.3 is 0 Å². The van der Waals surface area contributed by atoms with Gasteiger partial charge in [-0.3, -0.25) is 9.48 Å². The molecule has 0 bridgehead atoms. The van der Waals surface area contributed by atoms with Gasteiger partial charge in [-0.15, -0.1) is 24.0 Å². The Morgan fingerprint density at radius 3 is 2.62 bits per heavy atom. The van der Waals surface area contributed by atoms with E-state index < -0.39 is 0 Å². The van der Waals surface area contributed by atoms with Crippen LogP contribution < -0.4 is 10.6 Å². The number of nitrogens with zero attached hydrogens (tertiary/aromatic N) is 4. The molecule has 0 aliphatic heterocycles. The Labute approximate surface area is 162 Å². The highest BCUT2D eigenvalue weighted by Crippen LogP contribution is 2.08. The zero-order valence-electron chi connectivity index (χ0n) is 15.6. The molecule has 1 rings (SSSR count). The van der Waals surface area contributed by atoms with Crippen molar-refractivity contribution in [1.82, 2.24) is 25.3 Å². The fourth-order valence-electron chi connectivity index (χ4n) is 1.98. The third kappa shape index (κ3) is 7.50. The maximum atomic E-state index is 11.7. The third-order valence-electron chi connectivity index (χ3n) is 3.64. The minimum atomic E-state index is 0. The van der Waals surface area contributed by atoms with Crippen molar-refractivity contribution >= 4 is 35.8 Å². The second kappa shape index (κ2) is 11.3. The first-order valence-corrected chi connectivity index (χ1v) is 8.13. The molecule has 0 spiro atoms. The highest BCUT2D eigenvalue weighted by atomic mass is 127. The van der Waals surface area contributed by atoms with Crippen LogP contribution in [0.3, 0.4) is 0 Å². The first kappa shape index (κ1) is 22.7. The molecule has 7 nitrogen and oxygen atoms in total. The zero-order chi connectivity index (χ0) is 17.4. The summed E-state index contributed by atoms with van der Waals surface area (Å²) in [4.78, 5) is 17.9. The van der Waals surface area contributed by atoms with E-state index in [1.165, 1.54) is 0 Å². The number of rotatable bonds is 7. The number of aromatic nitrogens is 2. The van der Waals surface area contributed by atoms with Gasteiger partial charge in [0.15, 0.2) is 5.96 Å². The molecule has 24 heavy (non-hydrogen) atoms. The fourth-order valence-corrected chi connectivity index (χ4v) is 1.98. The summed E-state index contributed by atoms with van der Waals surface area (Å²) in [6.45, 7) is 7.05. The summed E-state index contributed by atoms with van der Waals surface area (Å²) in [5, 5.41) is 10.8. The van der Waals surface area contributed by atoms with Crippen LogP contribution in [0, 0.1) is 0 Å². The molecule has 1 heterocycles. The summed E-state index contributed by atoms with van der Waals surface area (Å²) in [6.07, 6.45) is 3.86. The number of hydrogen-bond donors (Lipinski definition) is 2. The van der Waals surface area contributed by atoms with Crippen LogP contribution in [0.2, 0.25) is 0 Å². The van der Waals surface area contributed by atoms with Crippen LogP contribution in [0.1, 0.15) is 38.4 Å². The van der Waals surface area contributed by atoms with Crippen LogP contribution >= 0.6 is 24.0 Å². The minimum Gasteiger partial charge on any atom is -0.354 e. The van der Waals surface area contributed by atoms with Crippen molar-refractivity contribution in [2.45, 2.75) is 46.2 Å². The van der Waals surface area contributed by atoms with Gasteiger partial charge in [-0.25, -0.2) is 4.99 Å². The van der Waals surface area contributed by atoms with Gasteiger partial charge in [0.25, 0.3) is 0 Å². The number of halogens is 1. The van der Waals surface area contributed by atoms with Gasteiger partial charge in [-0.05, 0) is 19.8 Å². The number of carbonyl (C=O) groups is 1. The van der Waals surface area contributed by atoms with Crippen LogP contribution in [0.4, 0.5) is 0 Å². The lowest BCUT2D eigenvalue weighted by Gasteiger charge is -2.18. The third-order valence-corrected chi connectivity index (χ3v) is 3.64. The predicted molar refractivity (Wildman–Crippen MR) is 109 cm³/mol. The van der Waals surface area contributed by atoms with E-state index in [0.717, 1.165) is 24.1 Å². The molecule has 8 heteroatoms. The van der Waals surface area contributed by atoms with Gasteiger partial charge in [-0.1, -0.05) is 13.8 Å². The number of amides is 1. The molecule has 0 fully saturated rings. The van der Waals surface area contributed by atoms with Crippen molar-refractivity contribution in [3.63, 3.8) is 0 Å². The fraction of sp³-hybridized carbons (Fsp3) is 0.688. The van der Waals surface area contributed by atoms with Gasteiger partial charge in [0.1, 0.15) is 0 Å². The normalized spacial score (nSPS) is 12.3. The van der Waals surface area contributed by atoms with Gasteiger partial charge in [0, 0.05) is 38.9 Å². The molecule has 1 aromatic rings. The summed E-state index contributed by atoms with van der Waals surface area (Å²) < 4.78 is 1.81. The molecule has 0 aliphatic carbocycles. The Balaban J connectivity index is 0.00000529. The molecule has 0 aliphatic rings. The van der Waals surface area contributed by atoms with Crippen molar-refractivity contribution in [3.05, 3.63) is 17.5 Å². The maximum Gasteiger partial charge on any atom is 0.241 e. The molecular weight excluding hydrogens is 419 g/mol. The van der Waals surface area contributed by atoms with Gasteiger partial charge in [0.2, 0.25) is 5.91 Å². The smallest absolute Gasteiger partial charge is 0.241 e. The standard InChI is InChI=1S/C16H30N6O.HI/c1-7-12(3)19-16(18-10-15(23)21(4)5)17-9-13-11-22(6)20-14(13)8-2;/h11-12H,7-10H2,1-6H3,(H2,17,18,19);1H. The second-order valence-corrected chi connectivity index (χ2v) is 5.89. The van der Waals surface area contributed by atoms with Crippen LogP contribution in [-0.4, -0.2) is 53.2 Å². The quantitative estimate of drug-likeness (QED) is 0.376. The zero-order valence-corrected chi connectivity index (χ0v) is 17.9. The molecule has 0 saturated heterocycles. The number of carbonyl (C=O) groups excluding carboxylic acids is 1. The molecule has 1 amide bonds. The first-order valence-electron chi connectivity index (χ1n) is 8.13. The first-order chi connectivity index (χ1) is 10.9. The van der Waals surface area contributed by atoms with E-state index in [1.807, 2.05) is 17.9 Å². The van der Waals surface area contributed by atoms with E-state index >= 15 is 0 Å². The molecule has 1 aromatic heterocycles. The molecule has 1 atom stereocenters. The van der Waals surface area contributed by atoms with Crippen LogP contribution in [0.25, 0.3) is 0 Å². The summed E-state index contributed by atoms with van der Waals surface area (Å²) in [7, 11) is 5.40. The van der Waals surface area contributed by atoms with E-state index in [9.17, 15) is 4.79 Å². The Bertz CT molecular complexity index is 541. The predicted octanol–water partition coefficient (Wildman–Crippen LogP) is 1.52. The lowest BCUT2D eigenvalue weighted by molar-refractivity contribution is -0.127. The van der Waals surface area contributed by atoms with Crippen molar-refractivity contribution in [3.8, 4) is 0 Å². The highest BCUT2D eigenvalue weighted by Gasteiger charge is 2.09. The number of aliphatic imine (C=N–C) groups is 1. The molecule has 2 N–H and O–H groups in total. The van der Waals surface area contributed by atoms with Crippen molar-refractivity contribution in [1.29, 1.82) is 0 Å². The van der Waals surface area contributed by atoms with E-state index in [4.69, 9.17) is 0 Å². The number of aryl methyl sites for hydroxylation is 2. The van der Waals surface area contributed by atoms with Crippen molar-refractivity contribution < 1.29 is 4.79 Å². The van der Waals surface area contributed by atoms with Crippen molar-refractivity contribution in [2.75, 3.05) is 20.6 Å². The van der Waals surface area contributed by atoms with Crippen LogP contribution in [0.15, 0.2) is 11.2 Å². The van der Waals surface area contributed by atoms with Crippen LogP contribution in [0.5, 0.6) is 0 Å². The van der Waals surface area contributed by atoms with Gasteiger partial charge in [-0.2, -0.15) is 5.10 Å². The Kier molecular flexibility index (Phi) is 10.7. The molecule has 0 radical (unpaired) electrons. The molecule has 1 unspecified atom stereocenters. The maximum absolute atomic E-state index is 11.7. The average molecular weight is 450 g/mol. The average Bonchev–Trinajstić information content (AvgIpc) is 2.89. The van der Waals surface area contributed by atoms with E-state index in [2.05, 4.69) is 41.5 Å². The monoisotopic (exact) mass is 450 g/mol. The summed E-state index contributed by atoms with van der Waals surface area (Å²) in [5.41, 5.74) is 2.17. The topological polar surface area (TPSA) is 74.5 Å². The number of nitrogens with one attached hydrogen (secondary N) is 2. The van der Waals surface area contributed by atoms with Crippen molar-refractivity contribution in [2.24, 2.45) is 12.0 Å². The Morgan fingerprint density at radius 1 is 1.42 bits per heavy atom. The van der Waals surface area contributed by atoms with E-state index in [0.29, 0.717) is 12.5 Å². The van der Waals surface area contributed by atoms with E-state index in [-0.39, 0.29) is 42.5 Å². The SMILES string of the molecule is CCc1nn(C)cc1CN=C(NCC(=O)N(C)C)NC(C)CC.I. The lowest BCUT2D eigenvalue weighted by Crippen LogP contribution is -2.45. The lowest BCUT2D eigenvalue weighted by atomic mass is 10.2. The number of guanidine groups is 1. The summed E-state index contributed by atoms with van der Waals surface area (Å²) >= 11 is 0. The Morgan fingerprint density at radius 2 is 2.08 bits per heavy atom. The minimum absolute atomic E-state index is 0. The Hall–Kier alpha value is -1.32. The highest BCUT2D eigenvalue weighted by molar-refractivity contribution is 14.0. The van der Waals surface area contributed by atoms with E-state index in [1.54, 1.807) is 19.0 Å². The van der Waals surface area contributed by atoms with Crippen LogP contribution in [-0.2, 0) is 24.8 Å². The summed E-state index contributed by atoms with van der Waals surface area (Å²) in [5.74, 6) is 0.666. The second-order valence-electron chi connectivity index (χ2n) is 5.89. The molecule has 138 valence electrons. The number of hydrogen-bond acceptors (Lipinski definition) is 3.